The van der Waals surface area contributed by atoms with Crippen LogP contribution in [0.5, 0.6) is 5.75 Å². The number of aryl methyl sites for hydroxylation is 1. The van der Waals surface area contributed by atoms with Crippen LogP contribution in [0.4, 0.5) is 5.69 Å². The van der Waals surface area contributed by atoms with Crippen LogP contribution in [0.15, 0.2) is 65.5 Å². The lowest BCUT2D eigenvalue weighted by molar-refractivity contribution is -0.122. The molecule has 9 nitrogen and oxygen atoms in total. The Hall–Kier alpha value is -4.66. The van der Waals surface area contributed by atoms with Gasteiger partial charge in [-0.2, -0.15) is 5.10 Å². The molecule has 2 aromatic carbocycles. The zero-order valence-corrected chi connectivity index (χ0v) is 21.2. The summed E-state index contributed by atoms with van der Waals surface area (Å²) in [6, 6.07) is 13.6. The normalized spacial score (nSPS) is 16.0. The van der Waals surface area contributed by atoms with E-state index in [4.69, 9.17) is 14.9 Å². The summed E-state index contributed by atoms with van der Waals surface area (Å²) in [6.07, 6.45) is 8.72. The van der Waals surface area contributed by atoms with Crippen LogP contribution in [0.1, 0.15) is 42.0 Å². The van der Waals surface area contributed by atoms with Crippen molar-refractivity contribution in [2.75, 3.05) is 12.0 Å². The van der Waals surface area contributed by atoms with Gasteiger partial charge in [-0.25, -0.2) is 4.98 Å². The van der Waals surface area contributed by atoms with Crippen LogP contribution in [0.3, 0.4) is 0 Å². The number of nitrogens with zero attached hydrogens (tertiary/aromatic N) is 4. The highest BCUT2D eigenvalue weighted by molar-refractivity contribution is 6.06. The zero-order chi connectivity index (χ0) is 26.4. The molecule has 0 saturated heterocycles. The van der Waals surface area contributed by atoms with E-state index in [1.807, 2.05) is 61.7 Å². The SMILES string of the molecule is COc1ccc(CN2C(=O)CC(c3ncc(C)o3)=Cc3ccc(-c4cnn(C5(C(N)=O)CC5)c4)cc32)cc1. The van der Waals surface area contributed by atoms with Crippen molar-refractivity contribution in [1.82, 2.24) is 14.8 Å². The molecule has 1 aliphatic heterocycles. The van der Waals surface area contributed by atoms with Gasteiger partial charge >= 0.3 is 0 Å². The second-order valence-corrected chi connectivity index (χ2v) is 9.79. The molecule has 2 amide bonds. The number of primary amides is 1. The first kappa shape index (κ1) is 23.7. The number of carbonyl (C=O) groups is 2. The third-order valence-electron chi connectivity index (χ3n) is 7.23. The van der Waals surface area contributed by atoms with Crippen molar-refractivity contribution < 1.29 is 18.7 Å². The Labute approximate surface area is 219 Å². The number of hydrogen-bond donors (Lipinski definition) is 1. The molecule has 0 atom stereocenters. The van der Waals surface area contributed by atoms with Crippen LogP contribution in [-0.2, 0) is 21.7 Å². The van der Waals surface area contributed by atoms with Crippen molar-refractivity contribution in [2.24, 2.45) is 5.73 Å². The maximum absolute atomic E-state index is 13.7. The number of fused-ring (bicyclic) bond motifs is 1. The molecule has 0 unspecified atom stereocenters. The van der Waals surface area contributed by atoms with Crippen LogP contribution in [0.2, 0.25) is 0 Å². The predicted octanol–water partition coefficient (Wildman–Crippen LogP) is 4.31. The monoisotopic (exact) mass is 509 g/mol. The first-order chi connectivity index (χ1) is 18.4. The number of carbonyl (C=O) groups excluding carboxylic acids is 2. The van der Waals surface area contributed by atoms with Crippen LogP contribution in [-0.4, -0.2) is 33.7 Å². The number of rotatable bonds is 7. The Morgan fingerprint density at radius 3 is 2.58 bits per heavy atom. The van der Waals surface area contributed by atoms with Gasteiger partial charge in [0.25, 0.3) is 0 Å². The van der Waals surface area contributed by atoms with Gasteiger partial charge in [-0.3, -0.25) is 14.3 Å². The van der Waals surface area contributed by atoms with Gasteiger partial charge in [0.2, 0.25) is 17.7 Å². The number of oxazole rings is 1. The van der Waals surface area contributed by atoms with E-state index in [9.17, 15) is 9.59 Å². The molecule has 2 aliphatic rings. The van der Waals surface area contributed by atoms with E-state index < -0.39 is 5.54 Å². The molecule has 4 aromatic rings. The van der Waals surface area contributed by atoms with Crippen LogP contribution < -0.4 is 15.4 Å². The molecule has 1 aliphatic carbocycles. The number of aromatic nitrogens is 3. The highest BCUT2D eigenvalue weighted by Gasteiger charge is 2.51. The summed E-state index contributed by atoms with van der Waals surface area (Å²) in [7, 11) is 1.62. The standard InChI is InChI=1S/C29H27N5O4/c1-18-14-31-27(38-18)22-11-21-6-5-20(23-15-32-34(17-23)29(9-10-29)28(30)36)12-25(21)33(26(35)13-22)16-19-3-7-24(37-2)8-4-19/h3-8,11-12,14-15,17H,9-10,13,16H2,1-2H3,(H2,30,36). The number of hydrogen-bond acceptors (Lipinski definition) is 6. The van der Waals surface area contributed by atoms with Crippen molar-refractivity contribution in [1.29, 1.82) is 0 Å². The van der Waals surface area contributed by atoms with Crippen molar-refractivity contribution in [3.63, 3.8) is 0 Å². The van der Waals surface area contributed by atoms with Crippen molar-refractivity contribution in [2.45, 2.75) is 38.3 Å². The maximum Gasteiger partial charge on any atom is 0.245 e. The fourth-order valence-corrected chi connectivity index (χ4v) is 4.85. The van der Waals surface area contributed by atoms with Gasteiger partial charge < -0.3 is 19.8 Å². The zero-order valence-electron chi connectivity index (χ0n) is 21.2. The van der Waals surface area contributed by atoms with Crippen molar-refractivity contribution in [3.05, 3.63) is 83.8 Å². The first-order valence-corrected chi connectivity index (χ1v) is 12.4. The fraction of sp³-hybridized carbons (Fsp3) is 0.241. The summed E-state index contributed by atoms with van der Waals surface area (Å²) in [4.78, 5) is 31.8. The van der Waals surface area contributed by atoms with E-state index in [0.29, 0.717) is 31.0 Å². The summed E-state index contributed by atoms with van der Waals surface area (Å²) >= 11 is 0. The minimum absolute atomic E-state index is 0.0693. The van der Waals surface area contributed by atoms with E-state index in [-0.39, 0.29) is 18.2 Å². The van der Waals surface area contributed by atoms with E-state index in [1.54, 1.807) is 29.1 Å². The van der Waals surface area contributed by atoms with Gasteiger partial charge in [0.1, 0.15) is 17.0 Å². The maximum atomic E-state index is 13.7. The predicted molar refractivity (Wildman–Crippen MR) is 142 cm³/mol. The quantitative estimate of drug-likeness (QED) is 0.397. The summed E-state index contributed by atoms with van der Waals surface area (Å²) in [6.45, 7) is 2.21. The van der Waals surface area contributed by atoms with Crippen LogP contribution in [0, 0.1) is 6.92 Å². The van der Waals surface area contributed by atoms with E-state index >= 15 is 0 Å². The molecule has 1 saturated carbocycles. The van der Waals surface area contributed by atoms with E-state index in [2.05, 4.69) is 10.1 Å². The Bertz CT molecular complexity index is 1580. The average Bonchev–Trinajstić information content (AvgIpc) is 3.43. The molecule has 3 heterocycles. The molecule has 192 valence electrons. The third kappa shape index (κ3) is 4.15. The third-order valence-corrected chi connectivity index (χ3v) is 7.23. The lowest BCUT2D eigenvalue weighted by Gasteiger charge is -2.24. The largest absolute Gasteiger partial charge is 0.497 e. The van der Waals surface area contributed by atoms with Crippen LogP contribution >= 0.6 is 0 Å². The Balaban J connectivity index is 1.41. The molecule has 0 radical (unpaired) electrons. The fourth-order valence-electron chi connectivity index (χ4n) is 4.85. The summed E-state index contributed by atoms with van der Waals surface area (Å²) < 4.78 is 12.7. The smallest absolute Gasteiger partial charge is 0.245 e. The van der Waals surface area contributed by atoms with Crippen LogP contribution in [0.25, 0.3) is 22.8 Å². The van der Waals surface area contributed by atoms with Gasteiger partial charge in [0.15, 0.2) is 0 Å². The summed E-state index contributed by atoms with van der Waals surface area (Å²) in [5.74, 6) is 1.44. The van der Waals surface area contributed by atoms with Gasteiger partial charge in [0.05, 0.1) is 38.2 Å². The summed E-state index contributed by atoms with van der Waals surface area (Å²) in [5, 5.41) is 4.44. The number of nitrogens with two attached hydrogens (primary N) is 1. The Kier molecular flexibility index (Phi) is 5.63. The number of amides is 2. The first-order valence-electron chi connectivity index (χ1n) is 12.4. The number of ether oxygens (including phenoxy) is 1. The second kappa shape index (κ2) is 9.02. The molecular formula is C29H27N5O4. The van der Waals surface area contributed by atoms with E-state index in [1.165, 1.54) is 0 Å². The molecule has 2 N–H and O–H groups in total. The molecule has 1 fully saturated rings. The minimum atomic E-state index is -0.730. The Morgan fingerprint density at radius 1 is 1.13 bits per heavy atom. The molecule has 2 aromatic heterocycles. The number of benzene rings is 2. The molecule has 6 rings (SSSR count). The topological polar surface area (TPSA) is 116 Å². The molecule has 0 bridgehead atoms. The minimum Gasteiger partial charge on any atom is -0.497 e. The molecule has 0 spiro atoms. The van der Waals surface area contributed by atoms with Crippen molar-refractivity contribution in [3.8, 4) is 16.9 Å². The van der Waals surface area contributed by atoms with E-state index in [0.717, 1.165) is 39.3 Å². The number of anilines is 1. The second-order valence-electron chi connectivity index (χ2n) is 9.79. The lowest BCUT2D eigenvalue weighted by Crippen LogP contribution is -2.34. The average molecular weight is 510 g/mol. The molecular weight excluding hydrogens is 482 g/mol. The van der Waals surface area contributed by atoms with Gasteiger partial charge in [-0.05, 0) is 60.7 Å². The van der Waals surface area contributed by atoms with Crippen molar-refractivity contribution >= 4 is 29.2 Å². The number of methoxy groups -OCH3 is 1. The Morgan fingerprint density at radius 2 is 1.92 bits per heavy atom. The van der Waals surface area contributed by atoms with Gasteiger partial charge in [-0.15, -0.1) is 0 Å². The summed E-state index contributed by atoms with van der Waals surface area (Å²) in [5.41, 5.74) is 9.97. The van der Waals surface area contributed by atoms with Gasteiger partial charge in [-0.1, -0.05) is 24.3 Å². The lowest BCUT2D eigenvalue weighted by atomic mass is 10.0. The highest BCUT2D eigenvalue weighted by atomic mass is 16.5. The molecule has 38 heavy (non-hydrogen) atoms. The molecule has 9 heteroatoms. The van der Waals surface area contributed by atoms with Gasteiger partial charge in [0, 0.05) is 17.3 Å². The highest BCUT2D eigenvalue weighted by Crippen LogP contribution is 2.43.